The van der Waals surface area contributed by atoms with E-state index < -0.39 is 35.8 Å². The molecule has 0 amide bonds. The Balaban J connectivity index is 1.80. The fourth-order valence-electron chi connectivity index (χ4n) is 3.89. The molecule has 0 saturated heterocycles. The highest BCUT2D eigenvalue weighted by Gasteiger charge is 2.37. The molecule has 4 rings (SSSR count). The van der Waals surface area contributed by atoms with Crippen molar-refractivity contribution in [3.05, 3.63) is 129 Å². The molecular weight excluding hydrogens is 558 g/mol. The summed E-state index contributed by atoms with van der Waals surface area (Å²) in [6.45, 7) is -0.459. The first kappa shape index (κ1) is 28.6. The number of benzene rings is 2. The predicted molar refractivity (Wildman–Crippen MR) is 138 cm³/mol. The van der Waals surface area contributed by atoms with Crippen molar-refractivity contribution in [1.29, 1.82) is 0 Å². The number of nitrogens with zero attached hydrogens (tertiary/aromatic N) is 2. The lowest BCUT2D eigenvalue weighted by Gasteiger charge is -2.18. The number of alkyl halides is 6. The van der Waals surface area contributed by atoms with Gasteiger partial charge < -0.3 is 11.1 Å². The first-order chi connectivity index (χ1) is 18.9. The van der Waals surface area contributed by atoms with Crippen molar-refractivity contribution < 1.29 is 31.1 Å². The monoisotopic (exact) mass is 576 g/mol. The van der Waals surface area contributed by atoms with Gasteiger partial charge in [0.15, 0.2) is 0 Å². The Morgan fingerprint density at radius 1 is 0.825 bits per heavy atom. The van der Waals surface area contributed by atoms with Gasteiger partial charge in [0.2, 0.25) is 5.78 Å². The minimum Gasteiger partial charge on any atom is -0.396 e. The summed E-state index contributed by atoms with van der Waals surface area (Å²) in [5.74, 6) is -0.536. The third-order valence-electron chi connectivity index (χ3n) is 5.79. The van der Waals surface area contributed by atoms with E-state index in [1.165, 1.54) is 55.0 Å². The molecule has 0 aliphatic carbocycles. The number of pyridine rings is 2. The van der Waals surface area contributed by atoms with E-state index in [0.717, 1.165) is 0 Å². The summed E-state index contributed by atoms with van der Waals surface area (Å²) in [4.78, 5) is 21.4. The summed E-state index contributed by atoms with van der Waals surface area (Å²) in [7, 11) is 0. The maximum Gasteiger partial charge on any atom is 0.416 e. The highest BCUT2D eigenvalue weighted by atomic mass is 35.5. The second-order valence-electron chi connectivity index (χ2n) is 8.50. The van der Waals surface area contributed by atoms with Gasteiger partial charge in [-0.05, 0) is 60.2 Å². The van der Waals surface area contributed by atoms with Crippen LogP contribution in [0.25, 0.3) is 11.4 Å². The van der Waals surface area contributed by atoms with Gasteiger partial charge in [-0.25, -0.2) is 0 Å². The van der Waals surface area contributed by atoms with E-state index in [1.807, 2.05) is 0 Å². The van der Waals surface area contributed by atoms with Crippen molar-refractivity contribution in [2.45, 2.75) is 18.9 Å². The van der Waals surface area contributed by atoms with Crippen LogP contribution in [-0.2, 0) is 18.9 Å². The Kier molecular flexibility index (Phi) is 8.15. The van der Waals surface area contributed by atoms with E-state index in [4.69, 9.17) is 17.3 Å². The van der Waals surface area contributed by atoms with E-state index in [2.05, 4.69) is 15.3 Å². The van der Waals surface area contributed by atoms with Gasteiger partial charge in [0, 0.05) is 41.8 Å². The number of hydrogen-bond acceptors (Lipinski definition) is 5. The van der Waals surface area contributed by atoms with E-state index in [-0.39, 0.29) is 44.9 Å². The van der Waals surface area contributed by atoms with Crippen LogP contribution in [0, 0.1) is 0 Å². The number of halogens is 7. The molecule has 0 atom stereocenters. The lowest BCUT2D eigenvalue weighted by Crippen LogP contribution is -2.20. The first-order valence-electron chi connectivity index (χ1n) is 11.5. The average Bonchev–Trinajstić information content (AvgIpc) is 2.92. The standard InChI is InChI=1S/C28H19ClF6N4O/c29-22-6-2-1-4-20(22)26(40)25-21(5-3-9-38-25)23(36)24(17-7-10-37-11-8-17)39-15-16-12-18(27(30,31)32)14-19(13-16)28(33,34)35/h1-14,39H,15,36H2/b24-23-. The van der Waals surface area contributed by atoms with Crippen LogP contribution in [0.1, 0.15) is 43.9 Å². The number of rotatable bonds is 7. The van der Waals surface area contributed by atoms with Gasteiger partial charge in [-0.15, -0.1) is 0 Å². The third-order valence-corrected chi connectivity index (χ3v) is 6.12. The molecule has 0 fully saturated rings. The van der Waals surface area contributed by atoms with Gasteiger partial charge >= 0.3 is 12.4 Å². The number of nitrogens with one attached hydrogen (secondary N) is 1. The summed E-state index contributed by atoms with van der Waals surface area (Å²) < 4.78 is 80.2. The molecule has 4 aromatic rings. The van der Waals surface area contributed by atoms with Crippen LogP contribution in [0.4, 0.5) is 26.3 Å². The molecule has 0 aliphatic rings. The fourth-order valence-corrected chi connectivity index (χ4v) is 4.12. The second-order valence-corrected chi connectivity index (χ2v) is 8.91. The van der Waals surface area contributed by atoms with Crippen molar-refractivity contribution in [2.75, 3.05) is 0 Å². The number of ketones is 1. The Hall–Kier alpha value is -4.38. The van der Waals surface area contributed by atoms with Crippen molar-refractivity contribution >= 4 is 28.8 Å². The zero-order valence-electron chi connectivity index (χ0n) is 20.3. The molecule has 3 N–H and O–H groups in total. The Bertz CT molecular complexity index is 1540. The third kappa shape index (κ3) is 6.42. The van der Waals surface area contributed by atoms with Crippen LogP contribution in [0.3, 0.4) is 0 Å². The van der Waals surface area contributed by atoms with Crippen LogP contribution >= 0.6 is 11.6 Å². The van der Waals surface area contributed by atoms with E-state index in [0.29, 0.717) is 17.7 Å². The molecule has 40 heavy (non-hydrogen) atoms. The van der Waals surface area contributed by atoms with Crippen LogP contribution in [0.5, 0.6) is 0 Å². The molecular formula is C28H19ClF6N4O. The Labute approximate surface area is 229 Å². The van der Waals surface area contributed by atoms with Crippen molar-refractivity contribution in [1.82, 2.24) is 15.3 Å². The van der Waals surface area contributed by atoms with Gasteiger partial charge in [0.25, 0.3) is 0 Å². The molecule has 2 aromatic heterocycles. The molecule has 0 saturated carbocycles. The van der Waals surface area contributed by atoms with Gasteiger partial charge in [-0.1, -0.05) is 23.7 Å². The zero-order chi connectivity index (χ0) is 29.1. The zero-order valence-corrected chi connectivity index (χ0v) is 21.1. The summed E-state index contributed by atoms with van der Waals surface area (Å²) >= 11 is 6.20. The molecule has 12 heteroatoms. The number of nitrogens with two attached hydrogens (primary N) is 1. The smallest absolute Gasteiger partial charge is 0.396 e. The van der Waals surface area contributed by atoms with Crippen molar-refractivity contribution in [3.63, 3.8) is 0 Å². The largest absolute Gasteiger partial charge is 0.416 e. The van der Waals surface area contributed by atoms with Gasteiger partial charge in [0.05, 0.1) is 27.5 Å². The molecule has 0 radical (unpaired) electrons. The maximum absolute atomic E-state index is 13.4. The van der Waals surface area contributed by atoms with Crippen LogP contribution in [0.2, 0.25) is 5.02 Å². The number of carbonyl (C=O) groups excluding carboxylic acids is 1. The van der Waals surface area contributed by atoms with Crippen LogP contribution in [0.15, 0.2) is 85.3 Å². The highest BCUT2D eigenvalue weighted by molar-refractivity contribution is 6.35. The number of aromatic nitrogens is 2. The van der Waals surface area contributed by atoms with Gasteiger partial charge in [0.1, 0.15) is 5.69 Å². The molecule has 206 valence electrons. The Morgan fingerprint density at radius 2 is 1.43 bits per heavy atom. The summed E-state index contributed by atoms with van der Waals surface area (Å²) in [6.07, 6.45) is -5.77. The van der Waals surface area contributed by atoms with Gasteiger partial charge in [-0.2, -0.15) is 26.3 Å². The van der Waals surface area contributed by atoms with E-state index >= 15 is 0 Å². The van der Waals surface area contributed by atoms with E-state index in [1.54, 1.807) is 12.1 Å². The summed E-state index contributed by atoms with van der Waals surface area (Å²) in [5, 5.41) is 3.04. The van der Waals surface area contributed by atoms with Crippen LogP contribution < -0.4 is 11.1 Å². The minimum atomic E-state index is -5.00. The number of carbonyl (C=O) groups is 1. The normalized spacial score (nSPS) is 12.6. The van der Waals surface area contributed by atoms with Crippen LogP contribution in [-0.4, -0.2) is 15.8 Å². The molecule has 0 bridgehead atoms. The molecule has 5 nitrogen and oxygen atoms in total. The van der Waals surface area contributed by atoms with E-state index in [9.17, 15) is 31.1 Å². The quantitative estimate of drug-likeness (QED) is 0.183. The number of hydrogen-bond donors (Lipinski definition) is 2. The molecule has 0 spiro atoms. The maximum atomic E-state index is 13.4. The van der Waals surface area contributed by atoms with Gasteiger partial charge in [-0.3, -0.25) is 14.8 Å². The second kappa shape index (κ2) is 11.4. The highest BCUT2D eigenvalue weighted by Crippen LogP contribution is 2.36. The minimum absolute atomic E-state index is 0.0299. The molecule has 2 aromatic carbocycles. The Morgan fingerprint density at radius 3 is 2.02 bits per heavy atom. The lowest BCUT2D eigenvalue weighted by molar-refractivity contribution is -0.143. The first-order valence-corrected chi connectivity index (χ1v) is 11.9. The summed E-state index contributed by atoms with van der Waals surface area (Å²) in [5.41, 5.74) is 4.12. The average molecular weight is 577 g/mol. The topological polar surface area (TPSA) is 80.9 Å². The molecule has 2 heterocycles. The SMILES string of the molecule is N/C(=C(\NCc1cc(C(F)(F)F)cc(C(F)(F)F)c1)c1ccncc1)c1cccnc1C(=O)c1ccccc1Cl. The van der Waals surface area contributed by atoms with Crippen molar-refractivity contribution in [3.8, 4) is 0 Å². The molecule has 0 unspecified atom stereocenters. The predicted octanol–water partition coefficient (Wildman–Crippen LogP) is 6.97. The summed E-state index contributed by atoms with van der Waals surface area (Å²) in [6, 6.07) is 13.7. The lowest BCUT2D eigenvalue weighted by atomic mass is 9.99. The fraction of sp³-hybridized carbons (Fsp3) is 0.107. The van der Waals surface area contributed by atoms with Crippen molar-refractivity contribution in [2.24, 2.45) is 5.73 Å². The molecule has 0 aliphatic heterocycles.